The van der Waals surface area contributed by atoms with Crippen LogP contribution in [-0.4, -0.2) is 43.1 Å². The van der Waals surface area contributed by atoms with Crippen LogP contribution in [0.25, 0.3) is 11.5 Å². The maximum Gasteiger partial charge on any atom is 0.321 e. The summed E-state index contributed by atoms with van der Waals surface area (Å²) >= 11 is 3.34. The van der Waals surface area contributed by atoms with E-state index >= 15 is 0 Å². The van der Waals surface area contributed by atoms with E-state index in [9.17, 15) is 0 Å². The zero-order valence-corrected chi connectivity index (χ0v) is 13.2. The molecule has 0 aliphatic rings. The molecule has 0 saturated carbocycles. The van der Waals surface area contributed by atoms with Gasteiger partial charge in [-0.25, -0.2) is 4.68 Å². The molecule has 9 heteroatoms. The molecule has 0 aliphatic heterocycles. The number of hydrogen-bond donors (Lipinski definition) is 1. The third-order valence-electron chi connectivity index (χ3n) is 2.38. The van der Waals surface area contributed by atoms with Crippen molar-refractivity contribution >= 4 is 21.9 Å². The number of ether oxygens (including phenoxy) is 1. The fourth-order valence-corrected chi connectivity index (χ4v) is 2.03. The van der Waals surface area contributed by atoms with Crippen molar-refractivity contribution in [3.63, 3.8) is 0 Å². The lowest BCUT2D eigenvalue weighted by Crippen LogP contribution is -2.09. The van der Waals surface area contributed by atoms with E-state index in [1.807, 2.05) is 13.8 Å². The highest BCUT2D eigenvalue weighted by atomic mass is 79.9. The molecule has 0 spiro atoms. The largest absolute Gasteiger partial charge is 0.463 e. The molecular weight excluding hydrogens is 326 g/mol. The normalized spacial score (nSPS) is 10.6. The average Bonchev–Trinajstić information content (AvgIpc) is 2.76. The van der Waals surface area contributed by atoms with E-state index in [0.29, 0.717) is 41.2 Å². The summed E-state index contributed by atoms with van der Waals surface area (Å²) in [6, 6.07) is 0.292. The summed E-state index contributed by atoms with van der Waals surface area (Å²) in [5.74, 6) is 0.929. The number of aryl methyl sites for hydroxylation is 1. The topological polar surface area (TPSA) is 90.6 Å². The van der Waals surface area contributed by atoms with Gasteiger partial charge in [0.2, 0.25) is 5.95 Å². The van der Waals surface area contributed by atoms with Crippen LogP contribution in [0.3, 0.4) is 0 Å². The molecule has 20 heavy (non-hydrogen) atoms. The Kier molecular flexibility index (Phi) is 4.83. The lowest BCUT2D eigenvalue weighted by Gasteiger charge is -2.08. The van der Waals surface area contributed by atoms with Crippen molar-refractivity contribution in [2.45, 2.75) is 20.3 Å². The van der Waals surface area contributed by atoms with Crippen LogP contribution >= 0.6 is 15.9 Å². The van der Waals surface area contributed by atoms with Crippen LogP contribution in [0.2, 0.25) is 0 Å². The fourth-order valence-electron chi connectivity index (χ4n) is 1.53. The molecule has 0 amide bonds. The van der Waals surface area contributed by atoms with E-state index < -0.39 is 0 Å². The third kappa shape index (κ3) is 3.21. The van der Waals surface area contributed by atoms with Gasteiger partial charge in [0.05, 0.1) is 6.61 Å². The van der Waals surface area contributed by atoms with Crippen LogP contribution in [0, 0.1) is 0 Å². The monoisotopic (exact) mass is 341 g/mol. The van der Waals surface area contributed by atoms with Gasteiger partial charge < -0.3 is 10.1 Å². The first-order chi connectivity index (χ1) is 9.65. The van der Waals surface area contributed by atoms with Gasteiger partial charge in [0.1, 0.15) is 5.69 Å². The quantitative estimate of drug-likeness (QED) is 0.853. The summed E-state index contributed by atoms with van der Waals surface area (Å²) < 4.78 is 7.67. The Morgan fingerprint density at radius 1 is 1.25 bits per heavy atom. The summed E-state index contributed by atoms with van der Waals surface area (Å²) in [5.41, 5.74) is 0.674. The van der Waals surface area contributed by atoms with Gasteiger partial charge in [0.15, 0.2) is 10.4 Å². The predicted molar refractivity (Wildman–Crippen MR) is 77.5 cm³/mol. The second-order valence-corrected chi connectivity index (χ2v) is 4.75. The van der Waals surface area contributed by atoms with Crippen LogP contribution in [0.1, 0.15) is 20.3 Å². The Labute approximate surface area is 125 Å². The summed E-state index contributed by atoms with van der Waals surface area (Å²) in [7, 11) is 1.77. The standard InChI is InChI=1S/C11H16BrN7O/c1-4-6-20-11-15-9(14-10(16-11)13-5-2)7-8(12)17-18-19(7)3/h4-6H2,1-3H3,(H,13,14,15,16). The fraction of sp³-hybridized carbons (Fsp3) is 0.545. The molecule has 0 unspecified atom stereocenters. The Bertz CT molecular complexity index is 567. The van der Waals surface area contributed by atoms with Crippen LogP contribution in [0.5, 0.6) is 6.01 Å². The summed E-state index contributed by atoms with van der Waals surface area (Å²) in [6.07, 6.45) is 0.883. The summed E-state index contributed by atoms with van der Waals surface area (Å²) in [4.78, 5) is 12.9. The molecule has 2 rings (SSSR count). The molecule has 108 valence electrons. The lowest BCUT2D eigenvalue weighted by atomic mass is 10.4. The lowest BCUT2D eigenvalue weighted by molar-refractivity contribution is 0.292. The number of hydrogen-bond acceptors (Lipinski definition) is 7. The second kappa shape index (κ2) is 6.60. The van der Waals surface area contributed by atoms with Crippen molar-refractivity contribution in [3.05, 3.63) is 4.60 Å². The Hall–Kier alpha value is -1.77. The number of halogens is 1. The highest BCUT2D eigenvalue weighted by molar-refractivity contribution is 9.10. The highest BCUT2D eigenvalue weighted by Gasteiger charge is 2.16. The first-order valence-electron chi connectivity index (χ1n) is 6.34. The molecule has 0 bridgehead atoms. The van der Waals surface area contributed by atoms with Gasteiger partial charge in [-0.2, -0.15) is 15.0 Å². The number of nitrogens with one attached hydrogen (secondary N) is 1. The van der Waals surface area contributed by atoms with Crippen molar-refractivity contribution < 1.29 is 4.74 Å². The van der Waals surface area contributed by atoms with Gasteiger partial charge >= 0.3 is 6.01 Å². The molecule has 0 fully saturated rings. The van der Waals surface area contributed by atoms with Crippen LogP contribution in [-0.2, 0) is 7.05 Å². The molecule has 8 nitrogen and oxygen atoms in total. The Morgan fingerprint density at radius 2 is 2.05 bits per heavy atom. The van der Waals surface area contributed by atoms with Crippen molar-refractivity contribution in [3.8, 4) is 17.5 Å². The molecule has 2 heterocycles. The molecule has 0 saturated heterocycles. The van der Waals surface area contributed by atoms with Crippen molar-refractivity contribution in [1.29, 1.82) is 0 Å². The first kappa shape index (κ1) is 14.6. The number of rotatable bonds is 6. The third-order valence-corrected chi connectivity index (χ3v) is 2.92. The van der Waals surface area contributed by atoms with E-state index in [-0.39, 0.29) is 0 Å². The molecular formula is C11H16BrN7O. The first-order valence-corrected chi connectivity index (χ1v) is 7.13. The van der Waals surface area contributed by atoms with Gasteiger partial charge in [-0.3, -0.25) is 0 Å². The minimum Gasteiger partial charge on any atom is -0.463 e. The molecule has 0 aromatic carbocycles. The molecule has 2 aromatic rings. The van der Waals surface area contributed by atoms with E-state index in [4.69, 9.17) is 4.74 Å². The van der Waals surface area contributed by atoms with Crippen LogP contribution in [0.15, 0.2) is 4.60 Å². The SMILES string of the molecule is CCCOc1nc(NCC)nc(-c2c(Br)nnn2C)n1. The zero-order chi connectivity index (χ0) is 14.5. The van der Waals surface area contributed by atoms with Gasteiger partial charge in [0.25, 0.3) is 0 Å². The highest BCUT2D eigenvalue weighted by Crippen LogP contribution is 2.24. The molecule has 1 N–H and O–H groups in total. The van der Waals surface area contributed by atoms with E-state index in [1.54, 1.807) is 11.7 Å². The van der Waals surface area contributed by atoms with Crippen molar-refractivity contribution in [1.82, 2.24) is 29.9 Å². The average molecular weight is 342 g/mol. The van der Waals surface area contributed by atoms with E-state index in [2.05, 4.69) is 46.5 Å². The number of aromatic nitrogens is 6. The molecule has 0 radical (unpaired) electrons. The zero-order valence-electron chi connectivity index (χ0n) is 11.6. The molecule has 0 aliphatic carbocycles. The minimum atomic E-state index is 0.292. The van der Waals surface area contributed by atoms with Crippen molar-refractivity contribution in [2.24, 2.45) is 7.05 Å². The predicted octanol–water partition coefficient (Wildman–Crippen LogP) is 1.65. The van der Waals surface area contributed by atoms with Crippen LogP contribution < -0.4 is 10.1 Å². The van der Waals surface area contributed by atoms with Gasteiger partial charge in [-0.1, -0.05) is 12.1 Å². The van der Waals surface area contributed by atoms with Gasteiger partial charge in [-0.05, 0) is 29.3 Å². The number of nitrogens with zero attached hydrogens (tertiary/aromatic N) is 6. The maximum atomic E-state index is 5.49. The summed E-state index contributed by atoms with van der Waals surface area (Å²) in [5, 5.41) is 10.9. The second-order valence-electron chi connectivity index (χ2n) is 4.00. The molecule has 0 atom stereocenters. The van der Waals surface area contributed by atoms with Gasteiger partial charge in [-0.15, -0.1) is 5.10 Å². The van der Waals surface area contributed by atoms with Crippen LogP contribution in [0.4, 0.5) is 5.95 Å². The van der Waals surface area contributed by atoms with E-state index in [0.717, 1.165) is 6.42 Å². The van der Waals surface area contributed by atoms with Crippen molar-refractivity contribution in [2.75, 3.05) is 18.5 Å². The Balaban J connectivity index is 2.43. The number of anilines is 1. The van der Waals surface area contributed by atoms with E-state index in [1.165, 1.54) is 0 Å². The Morgan fingerprint density at radius 3 is 2.65 bits per heavy atom. The maximum absolute atomic E-state index is 5.49. The summed E-state index contributed by atoms with van der Waals surface area (Å²) in [6.45, 7) is 5.26. The minimum absolute atomic E-state index is 0.292. The molecule has 2 aromatic heterocycles. The smallest absolute Gasteiger partial charge is 0.321 e. The van der Waals surface area contributed by atoms with Gasteiger partial charge in [0, 0.05) is 13.6 Å².